The lowest BCUT2D eigenvalue weighted by molar-refractivity contribution is 1.24. The minimum atomic E-state index is 0.494. The fourth-order valence-electron chi connectivity index (χ4n) is 1.09. The van der Waals surface area contributed by atoms with Gasteiger partial charge in [0.15, 0.2) is 0 Å². The quantitative estimate of drug-likeness (QED) is 0.635. The Morgan fingerprint density at radius 3 is 2.58 bits per heavy atom. The summed E-state index contributed by atoms with van der Waals surface area (Å²) in [5.41, 5.74) is 2.85. The van der Waals surface area contributed by atoms with Gasteiger partial charge >= 0.3 is 0 Å². The van der Waals surface area contributed by atoms with E-state index in [-0.39, 0.29) is 0 Å². The summed E-state index contributed by atoms with van der Waals surface area (Å²) in [7, 11) is 0. The number of halogens is 1. The van der Waals surface area contributed by atoms with Crippen LogP contribution in [0.25, 0.3) is 12.2 Å². The van der Waals surface area contributed by atoms with E-state index in [1.165, 1.54) is 0 Å². The van der Waals surface area contributed by atoms with Gasteiger partial charge in [0.05, 0.1) is 5.69 Å². The van der Waals surface area contributed by atoms with Crippen LogP contribution in [0.5, 0.6) is 0 Å². The molecule has 0 saturated heterocycles. The highest BCUT2D eigenvalue weighted by atomic mass is 35.5. The minimum Gasteiger partial charge on any atom is -0.236 e. The van der Waals surface area contributed by atoms with Crippen molar-refractivity contribution >= 4 is 23.8 Å². The first-order chi connectivity index (χ1) is 5.69. The fraction of sp³-hybridized carbons (Fsp3) is 0.100. The van der Waals surface area contributed by atoms with E-state index in [0.29, 0.717) is 5.15 Å². The zero-order valence-electron chi connectivity index (χ0n) is 6.97. The van der Waals surface area contributed by atoms with Crippen LogP contribution in [0.1, 0.15) is 16.8 Å². The van der Waals surface area contributed by atoms with Crippen LogP contribution < -0.4 is 0 Å². The van der Waals surface area contributed by atoms with Gasteiger partial charge in [-0.3, -0.25) is 0 Å². The molecule has 0 spiro atoms. The molecule has 0 aliphatic rings. The molecule has 0 amide bonds. The van der Waals surface area contributed by atoms with Gasteiger partial charge < -0.3 is 0 Å². The molecule has 62 valence electrons. The Morgan fingerprint density at radius 2 is 2.08 bits per heavy atom. The molecule has 1 aromatic rings. The summed E-state index contributed by atoms with van der Waals surface area (Å²) in [6.45, 7) is 9.32. The molecular weight excluding hydrogens is 170 g/mol. The van der Waals surface area contributed by atoms with Crippen LogP contribution in [0.2, 0.25) is 5.15 Å². The maximum absolute atomic E-state index is 5.76. The number of pyridine rings is 1. The Labute approximate surface area is 77.4 Å². The van der Waals surface area contributed by atoms with Gasteiger partial charge in [-0.1, -0.05) is 30.8 Å². The molecule has 1 rings (SSSR count). The van der Waals surface area contributed by atoms with Gasteiger partial charge in [0.2, 0.25) is 0 Å². The molecule has 0 radical (unpaired) electrons. The first kappa shape index (κ1) is 9.01. The van der Waals surface area contributed by atoms with Crippen molar-refractivity contribution < 1.29 is 0 Å². The summed E-state index contributed by atoms with van der Waals surface area (Å²) in [6, 6.07) is 1.81. The van der Waals surface area contributed by atoms with E-state index in [1.807, 2.05) is 13.0 Å². The lowest BCUT2D eigenvalue weighted by Crippen LogP contribution is -1.90. The minimum absolute atomic E-state index is 0.494. The number of aromatic nitrogens is 1. The Bertz CT molecular complexity index is 329. The third kappa shape index (κ3) is 1.56. The van der Waals surface area contributed by atoms with Crippen molar-refractivity contribution in [1.82, 2.24) is 4.98 Å². The van der Waals surface area contributed by atoms with E-state index < -0.39 is 0 Å². The summed E-state index contributed by atoms with van der Waals surface area (Å²) < 4.78 is 0. The molecule has 1 aromatic heterocycles. The standard InChI is InChI=1S/C10H10ClN/c1-4-8-7(3)6-10(11)12-9(8)5-2/h4-6H,1-2H2,3H3. The molecule has 0 unspecified atom stereocenters. The van der Waals surface area contributed by atoms with Gasteiger partial charge in [-0.05, 0) is 24.6 Å². The summed E-state index contributed by atoms with van der Waals surface area (Å²) in [6.07, 6.45) is 3.44. The number of hydrogen-bond donors (Lipinski definition) is 0. The molecule has 0 atom stereocenters. The summed E-state index contributed by atoms with van der Waals surface area (Å²) in [4.78, 5) is 4.10. The Kier molecular flexibility index (Phi) is 2.66. The second-order valence-electron chi connectivity index (χ2n) is 2.47. The Morgan fingerprint density at radius 1 is 1.42 bits per heavy atom. The molecule has 0 aliphatic heterocycles. The van der Waals surface area contributed by atoms with E-state index in [4.69, 9.17) is 11.6 Å². The van der Waals surface area contributed by atoms with Gasteiger partial charge in [0.1, 0.15) is 5.15 Å². The molecule has 0 fully saturated rings. The van der Waals surface area contributed by atoms with Crippen LogP contribution >= 0.6 is 11.6 Å². The van der Waals surface area contributed by atoms with Crippen LogP contribution in [0, 0.1) is 6.92 Å². The van der Waals surface area contributed by atoms with E-state index in [0.717, 1.165) is 16.8 Å². The zero-order valence-corrected chi connectivity index (χ0v) is 7.73. The van der Waals surface area contributed by atoms with Crippen LogP contribution in [0.3, 0.4) is 0 Å². The highest BCUT2D eigenvalue weighted by Gasteiger charge is 2.02. The topological polar surface area (TPSA) is 12.9 Å². The Hall–Kier alpha value is -1.08. The largest absolute Gasteiger partial charge is 0.236 e. The average molecular weight is 180 g/mol. The van der Waals surface area contributed by atoms with Gasteiger partial charge in [0, 0.05) is 5.56 Å². The van der Waals surface area contributed by atoms with E-state index >= 15 is 0 Å². The van der Waals surface area contributed by atoms with Crippen molar-refractivity contribution in [3.8, 4) is 0 Å². The number of aryl methyl sites for hydroxylation is 1. The van der Waals surface area contributed by atoms with Crippen LogP contribution in [-0.2, 0) is 0 Å². The number of hydrogen-bond acceptors (Lipinski definition) is 1. The van der Waals surface area contributed by atoms with E-state index in [2.05, 4.69) is 18.1 Å². The van der Waals surface area contributed by atoms with Gasteiger partial charge in [-0.15, -0.1) is 0 Å². The van der Waals surface area contributed by atoms with Crippen molar-refractivity contribution in [2.45, 2.75) is 6.92 Å². The maximum atomic E-state index is 5.76. The average Bonchev–Trinajstić information content (AvgIpc) is 2.03. The third-order valence-electron chi connectivity index (χ3n) is 1.66. The van der Waals surface area contributed by atoms with Crippen molar-refractivity contribution in [1.29, 1.82) is 0 Å². The molecule has 0 aliphatic carbocycles. The first-order valence-electron chi connectivity index (χ1n) is 3.61. The van der Waals surface area contributed by atoms with E-state index in [1.54, 1.807) is 12.2 Å². The predicted molar refractivity (Wildman–Crippen MR) is 54.2 cm³/mol. The Balaban J connectivity index is 3.43. The molecule has 1 heterocycles. The molecule has 0 aromatic carbocycles. The third-order valence-corrected chi connectivity index (χ3v) is 1.85. The van der Waals surface area contributed by atoms with Gasteiger partial charge in [-0.25, -0.2) is 4.98 Å². The molecular formula is C10H10ClN. The number of rotatable bonds is 2. The molecule has 1 nitrogen and oxygen atoms in total. The monoisotopic (exact) mass is 179 g/mol. The molecule has 2 heteroatoms. The predicted octanol–water partition coefficient (Wildman–Crippen LogP) is 3.33. The summed E-state index contributed by atoms with van der Waals surface area (Å²) in [5.74, 6) is 0. The van der Waals surface area contributed by atoms with Crippen molar-refractivity contribution in [3.63, 3.8) is 0 Å². The number of nitrogens with zero attached hydrogens (tertiary/aromatic N) is 1. The van der Waals surface area contributed by atoms with Crippen molar-refractivity contribution in [2.24, 2.45) is 0 Å². The van der Waals surface area contributed by atoms with Crippen LogP contribution in [0.4, 0.5) is 0 Å². The lowest BCUT2D eigenvalue weighted by Gasteiger charge is -2.04. The highest BCUT2D eigenvalue weighted by Crippen LogP contribution is 2.18. The zero-order chi connectivity index (χ0) is 9.14. The second-order valence-corrected chi connectivity index (χ2v) is 2.86. The molecule has 12 heavy (non-hydrogen) atoms. The van der Waals surface area contributed by atoms with Gasteiger partial charge in [-0.2, -0.15) is 0 Å². The normalized spacial score (nSPS) is 9.50. The summed E-state index contributed by atoms with van der Waals surface area (Å²) >= 11 is 5.76. The van der Waals surface area contributed by atoms with Crippen molar-refractivity contribution in [3.05, 3.63) is 41.2 Å². The van der Waals surface area contributed by atoms with Crippen LogP contribution in [0.15, 0.2) is 19.2 Å². The summed E-state index contributed by atoms with van der Waals surface area (Å²) in [5, 5.41) is 0.494. The molecule has 0 saturated carbocycles. The maximum Gasteiger partial charge on any atom is 0.130 e. The highest BCUT2D eigenvalue weighted by molar-refractivity contribution is 6.29. The lowest BCUT2D eigenvalue weighted by atomic mass is 10.1. The van der Waals surface area contributed by atoms with Gasteiger partial charge in [0.25, 0.3) is 0 Å². The van der Waals surface area contributed by atoms with Crippen molar-refractivity contribution in [2.75, 3.05) is 0 Å². The molecule has 0 bridgehead atoms. The fourth-order valence-corrected chi connectivity index (χ4v) is 1.34. The first-order valence-corrected chi connectivity index (χ1v) is 3.99. The smallest absolute Gasteiger partial charge is 0.130 e. The molecule has 0 N–H and O–H groups in total. The van der Waals surface area contributed by atoms with E-state index in [9.17, 15) is 0 Å². The second kappa shape index (κ2) is 3.55. The SMILES string of the molecule is C=Cc1nc(Cl)cc(C)c1C=C. The van der Waals surface area contributed by atoms with Crippen LogP contribution in [-0.4, -0.2) is 4.98 Å².